The first-order chi connectivity index (χ1) is 15.4. The minimum Gasteiger partial charge on any atom is -0.332 e. The number of nitrogens with zero attached hydrogens (tertiary/aromatic N) is 3. The summed E-state index contributed by atoms with van der Waals surface area (Å²) in [6.07, 6.45) is 7.43. The molecule has 2 aromatic rings. The number of benzene rings is 1. The van der Waals surface area contributed by atoms with Crippen LogP contribution in [-0.4, -0.2) is 32.3 Å². The number of imide groups is 1. The smallest absolute Gasteiger partial charge is 0.321 e. The molecule has 0 unspecified atom stereocenters. The number of imidazole rings is 1. The lowest BCUT2D eigenvalue weighted by atomic mass is 9.53. The second kappa shape index (κ2) is 8.43. The second-order valence-corrected chi connectivity index (χ2v) is 11.2. The Bertz CT molecular complexity index is 1050. The van der Waals surface area contributed by atoms with Gasteiger partial charge >= 0.3 is 6.03 Å². The van der Waals surface area contributed by atoms with Gasteiger partial charge in [0.25, 0.3) is 0 Å². The number of hydrogen-bond acceptors (Lipinski definition) is 5. The molecule has 4 saturated carbocycles. The van der Waals surface area contributed by atoms with Crippen molar-refractivity contribution in [1.82, 2.24) is 20.2 Å². The first-order valence-corrected chi connectivity index (χ1v) is 12.4. The maximum absolute atomic E-state index is 12.8. The van der Waals surface area contributed by atoms with Crippen LogP contribution in [0.25, 0.3) is 11.0 Å². The second-order valence-electron chi connectivity index (χ2n) is 9.84. The molecule has 0 aliphatic heterocycles. The van der Waals surface area contributed by atoms with Gasteiger partial charge in [-0.15, -0.1) is 0 Å². The van der Waals surface area contributed by atoms with Gasteiger partial charge in [0.15, 0.2) is 5.16 Å². The van der Waals surface area contributed by atoms with Gasteiger partial charge in [0.2, 0.25) is 5.91 Å². The third kappa shape index (κ3) is 4.11. The summed E-state index contributed by atoms with van der Waals surface area (Å²) in [7, 11) is 0. The minimum atomic E-state index is -0.491. The topological polar surface area (TPSA) is 99.8 Å². The van der Waals surface area contributed by atoms with Crippen LogP contribution in [0.1, 0.15) is 51.9 Å². The van der Waals surface area contributed by atoms with Crippen LogP contribution in [-0.2, 0) is 11.3 Å². The Labute approximate surface area is 192 Å². The number of amides is 3. The zero-order chi connectivity index (χ0) is 22.3. The van der Waals surface area contributed by atoms with Gasteiger partial charge in [0.1, 0.15) is 0 Å². The maximum atomic E-state index is 12.8. The number of carbonyl (C=O) groups is 2. The Balaban J connectivity index is 1.23. The number of aromatic nitrogens is 2. The molecule has 4 aliphatic carbocycles. The molecule has 8 heteroatoms. The normalized spacial score (nSPS) is 28.9. The van der Waals surface area contributed by atoms with Gasteiger partial charge in [-0.25, -0.2) is 9.78 Å². The molecular weight excluding hydrogens is 422 g/mol. The molecule has 0 spiro atoms. The summed E-state index contributed by atoms with van der Waals surface area (Å²) in [6, 6.07) is 9.54. The molecule has 1 aromatic heterocycles. The lowest BCUT2D eigenvalue weighted by Crippen LogP contribution is -2.62. The zero-order valence-electron chi connectivity index (χ0n) is 18.3. The van der Waals surface area contributed by atoms with Crippen molar-refractivity contribution in [3.63, 3.8) is 0 Å². The molecule has 0 radical (unpaired) electrons. The number of fused-ring (bicyclic) bond motifs is 1. The van der Waals surface area contributed by atoms with Crippen LogP contribution in [0.4, 0.5) is 4.79 Å². The quantitative estimate of drug-likeness (QED) is 0.641. The van der Waals surface area contributed by atoms with Crippen LogP contribution in [0.3, 0.4) is 0 Å². The average Bonchev–Trinajstić information content (AvgIpc) is 3.07. The standard InChI is InChI=1S/C24H29N5O2S/c1-15(32-23-26-19-5-2-3-6-20(19)29(23)8-4-7-25)21(30)27-22(31)28-24-12-16-9-17(13-24)11-18(10-16)14-24/h2-3,5-6,15-18H,4,8-14H2,1H3,(H2,27,28,30,31)/t15-,16?,17?,18?,24?/m1/s1. The van der Waals surface area contributed by atoms with E-state index in [9.17, 15) is 9.59 Å². The highest BCUT2D eigenvalue weighted by Crippen LogP contribution is 2.55. The highest BCUT2D eigenvalue weighted by Gasteiger charge is 2.51. The van der Waals surface area contributed by atoms with Crippen LogP contribution >= 0.6 is 11.8 Å². The monoisotopic (exact) mass is 451 g/mol. The van der Waals surface area contributed by atoms with Gasteiger partial charge in [0, 0.05) is 12.1 Å². The average molecular weight is 452 g/mol. The number of para-hydroxylation sites is 2. The molecule has 6 rings (SSSR count). The number of carbonyl (C=O) groups excluding carboxylic acids is 2. The van der Waals surface area contributed by atoms with Crippen molar-refractivity contribution in [2.45, 2.75) is 74.4 Å². The summed E-state index contributed by atoms with van der Waals surface area (Å²) in [4.78, 5) is 30.2. The van der Waals surface area contributed by atoms with Gasteiger partial charge in [-0.3, -0.25) is 10.1 Å². The molecule has 7 nitrogen and oxygen atoms in total. The van der Waals surface area contributed by atoms with Crippen molar-refractivity contribution in [1.29, 1.82) is 5.26 Å². The van der Waals surface area contributed by atoms with Gasteiger partial charge < -0.3 is 9.88 Å². The van der Waals surface area contributed by atoms with E-state index in [0.717, 1.165) is 48.0 Å². The lowest BCUT2D eigenvalue weighted by Gasteiger charge is -2.56. The number of urea groups is 1. The van der Waals surface area contributed by atoms with E-state index in [1.165, 1.54) is 31.0 Å². The molecule has 1 heterocycles. The highest BCUT2D eigenvalue weighted by molar-refractivity contribution is 8.00. The summed E-state index contributed by atoms with van der Waals surface area (Å²) in [5.74, 6) is 1.87. The third-order valence-electron chi connectivity index (χ3n) is 7.37. The Hall–Kier alpha value is -2.53. The Morgan fingerprint density at radius 2 is 1.88 bits per heavy atom. The first kappa shape index (κ1) is 21.3. The van der Waals surface area contributed by atoms with Crippen molar-refractivity contribution >= 4 is 34.7 Å². The molecule has 2 N–H and O–H groups in total. The minimum absolute atomic E-state index is 0.124. The predicted molar refractivity (Wildman–Crippen MR) is 123 cm³/mol. The van der Waals surface area contributed by atoms with Crippen molar-refractivity contribution in [2.24, 2.45) is 17.8 Å². The van der Waals surface area contributed by atoms with Gasteiger partial charge in [0.05, 0.1) is 28.8 Å². The van der Waals surface area contributed by atoms with Crippen LogP contribution in [0.5, 0.6) is 0 Å². The van der Waals surface area contributed by atoms with E-state index in [4.69, 9.17) is 5.26 Å². The SMILES string of the molecule is C[C@@H](Sc1nc2ccccc2n1CCC#N)C(=O)NC(=O)NC12CC3CC(CC(C3)C1)C2. The summed E-state index contributed by atoms with van der Waals surface area (Å²) in [5.41, 5.74) is 1.65. The molecule has 4 aliphatic rings. The third-order valence-corrected chi connectivity index (χ3v) is 8.46. The molecular formula is C24H29N5O2S. The number of rotatable bonds is 6. The van der Waals surface area contributed by atoms with Gasteiger partial charge in [-0.1, -0.05) is 23.9 Å². The molecule has 4 fully saturated rings. The van der Waals surface area contributed by atoms with Crippen LogP contribution in [0.2, 0.25) is 0 Å². The van der Waals surface area contributed by atoms with E-state index >= 15 is 0 Å². The fourth-order valence-electron chi connectivity index (χ4n) is 6.48. The van der Waals surface area contributed by atoms with E-state index in [1.54, 1.807) is 6.92 Å². The molecule has 1 aromatic carbocycles. The lowest BCUT2D eigenvalue weighted by molar-refractivity contribution is -0.119. The Morgan fingerprint density at radius 3 is 2.53 bits per heavy atom. The Morgan fingerprint density at radius 1 is 1.22 bits per heavy atom. The van der Waals surface area contributed by atoms with E-state index < -0.39 is 5.25 Å². The molecule has 3 amide bonds. The summed E-state index contributed by atoms with van der Waals surface area (Å²) >= 11 is 1.32. The van der Waals surface area contributed by atoms with Gasteiger partial charge in [-0.05, 0) is 75.3 Å². The molecule has 32 heavy (non-hydrogen) atoms. The predicted octanol–water partition coefficient (Wildman–Crippen LogP) is 4.23. The van der Waals surface area contributed by atoms with Crippen LogP contribution in [0, 0.1) is 29.1 Å². The number of thioether (sulfide) groups is 1. The van der Waals surface area contributed by atoms with E-state index in [2.05, 4.69) is 21.7 Å². The number of aryl methyl sites for hydroxylation is 1. The molecule has 4 bridgehead atoms. The fraction of sp³-hybridized carbons (Fsp3) is 0.583. The summed E-state index contributed by atoms with van der Waals surface area (Å²) in [6.45, 7) is 2.30. The summed E-state index contributed by atoms with van der Waals surface area (Å²) in [5, 5.41) is 15.0. The van der Waals surface area contributed by atoms with Crippen molar-refractivity contribution in [2.75, 3.05) is 0 Å². The van der Waals surface area contributed by atoms with E-state index in [-0.39, 0.29) is 17.5 Å². The molecule has 168 valence electrons. The van der Waals surface area contributed by atoms with Gasteiger partial charge in [-0.2, -0.15) is 5.26 Å². The number of nitrogens with one attached hydrogen (secondary N) is 2. The van der Waals surface area contributed by atoms with Crippen LogP contribution in [0.15, 0.2) is 29.4 Å². The molecule has 0 saturated heterocycles. The summed E-state index contributed by atoms with van der Waals surface area (Å²) < 4.78 is 1.97. The number of nitriles is 1. The number of hydrogen-bond donors (Lipinski definition) is 2. The van der Waals surface area contributed by atoms with Crippen molar-refractivity contribution in [3.05, 3.63) is 24.3 Å². The fourth-order valence-corrected chi connectivity index (χ4v) is 7.43. The van der Waals surface area contributed by atoms with Crippen molar-refractivity contribution in [3.8, 4) is 6.07 Å². The van der Waals surface area contributed by atoms with E-state index in [0.29, 0.717) is 18.1 Å². The maximum Gasteiger partial charge on any atom is 0.321 e. The highest BCUT2D eigenvalue weighted by atomic mass is 32.2. The first-order valence-electron chi connectivity index (χ1n) is 11.6. The van der Waals surface area contributed by atoms with Crippen molar-refractivity contribution < 1.29 is 9.59 Å². The van der Waals surface area contributed by atoms with Crippen LogP contribution < -0.4 is 10.6 Å². The largest absolute Gasteiger partial charge is 0.332 e. The zero-order valence-corrected chi connectivity index (χ0v) is 19.2. The molecule has 1 atom stereocenters. The van der Waals surface area contributed by atoms with E-state index in [1.807, 2.05) is 28.8 Å². The Kier molecular flexibility index (Phi) is 5.62.